The van der Waals surface area contributed by atoms with E-state index in [1.165, 1.54) is 10.1 Å². The van der Waals surface area contributed by atoms with E-state index in [4.69, 9.17) is 4.74 Å². The zero-order valence-corrected chi connectivity index (χ0v) is 14.9. The Kier molecular flexibility index (Phi) is 3.67. The Morgan fingerprint density at radius 3 is 2.73 bits per heavy atom. The van der Waals surface area contributed by atoms with Gasteiger partial charge < -0.3 is 9.72 Å². The third-order valence-corrected chi connectivity index (χ3v) is 6.50. The zero-order chi connectivity index (χ0) is 17.7. The van der Waals surface area contributed by atoms with Gasteiger partial charge in [-0.15, -0.1) is 0 Å². The van der Waals surface area contributed by atoms with Crippen LogP contribution in [0.15, 0.2) is 33.9 Å². The molecule has 2 heterocycles. The lowest BCUT2D eigenvalue weighted by atomic mass is 9.68. The largest absolute Gasteiger partial charge is 0.376 e. The summed E-state index contributed by atoms with van der Waals surface area (Å²) in [7, 11) is 0. The van der Waals surface area contributed by atoms with Gasteiger partial charge in [-0.2, -0.15) is 0 Å². The number of ether oxygens (including phenoxy) is 1. The van der Waals surface area contributed by atoms with Crippen LogP contribution in [0.2, 0.25) is 0 Å². The van der Waals surface area contributed by atoms with Crippen molar-refractivity contribution in [2.75, 3.05) is 6.61 Å². The fraction of sp³-hybridized carbons (Fsp3) is 0.524. The van der Waals surface area contributed by atoms with Gasteiger partial charge in [-0.05, 0) is 37.7 Å². The molecular weight excluding hydrogens is 328 g/mol. The molecule has 2 fully saturated rings. The highest BCUT2D eigenvalue weighted by Crippen LogP contribution is 2.49. The first kappa shape index (κ1) is 16.1. The van der Waals surface area contributed by atoms with Gasteiger partial charge in [0.1, 0.15) is 0 Å². The molecule has 26 heavy (non-hydrogen) atoms. The summed E-state index contributed by atoms with van der Waals surface area (Å²) >= 11 is 0. The SMILES string of the molecule is O=c1[nH]c2c(c(=O)n1CC1CCCO1)C1(CCCC1)Cc1ccccc1-2. The average Bonchev–Trinajstić information content (AvgIpc) is 3.31. The lowest BCUT2D eigenvalue weighted by Gasteiger charge is -2.36. The van der Waals surface area contributed by atoms with Crippen molar-refractivity contribution in [2.24, 2.45) is 0 Å². The van der Waals surface area contributed by atoms with Gasteiger partial charge in [0.25, 0.3) is 5.56 Å². The minimum Gasteiger partial charge on any atom is -0.376 e. The minimum absolute atomic E-state index is 0.0257. The van der Waals surface area contributed by atoms with Crippen LogP contribution in [0.5, 0.6) is 0 Å². The normalized spacial score (nSPS) is 23.2. The number of hydrogen-bond donors (Lipinski definition) is 1. The molecule has 1 atom stereocenters. The molecular formula is C21H24N2O3. The topological polar surface area (TPSA) is 64.1 Å². The lowest BCUT2D eigenvalue weighted by molar-refractivity contribution is 0.0948. The zero-order valence-electron chi connectivity index (χ0n) is 14.9. The second-order valence-electron chi connectivity index (χ2n) is 8.05. The quantitative estimate of drug-likeness (QED) is 0.904. The van der Waals surface area contributed by atoms with E-state index in [0.717, 1.165) is 68.4 Å². The number of nitrogens with one attached hydrogen (secondary N) is 1. The molecule has 3 aliphatic rings. The van der Waals surface area contributed by atoms with E-state index in [1.54, 1.807) is 0 Å². The van der Waals surface area contributed by atoms with Gasteiger partial charge in [0.15, 0.2) is 0 Å². The van der Waals surface area contributed by atoms with Crippen molar-refractivity contribution in [3.8, 4) is 11.3 Å². The Labute approximate surface area is 152 Å². The predicted molar refractivity (Wildman–Crippen MR) is 99.6 cm³/mol. The molecule has 1 saturated heterocycles. The number of aromatic amines is 1. The Balaban J connectivity index is 1.73. The molecule has 0 amide bonds. The maximum Gasteiger partial charge on any atom is 0.328 e. The maximum absolute atomic E-state index is 13.5. The second kappa shape index (κ2) is 5.95. The fourth-order valence-electron chi connectivity index (χ4n) is 5.27. The van der Waals surface area contributed by atoms with E-state index in [9.17, 15) is 9.59 Å². The van der Waals surface area contributed by atoms with Crippen LogP contribution >= 0.6 is 0 Å². The van der Waals surface area contributed by atoms with Crippen molar-refractivity contribution in [2.45, 2.75) is 63.0 Å². The number of hydrogen-bond acceptors (Lipinski definition) is 3. The summed E-state index contributed by atoms with van der Waals surface area (Å²) in [6.07, 6.45) is 7.12. The average molecular weight is 352 g/mol. The summed E-state index contributed by atoms with van der Waals surface area (Å²) in [5.74, 6) is 0. The summed E-state index contributed by atoms with van der Waals surface area (Å²) in [6.45, 7) is 1.08. The summed E-state index contributed by atoms with van der Waals surface area (Å²) in [4.78, 5) is 29.3. The summed E-state index contributed by atoms with van der Waals surface area (Å²) in [6, 6.07) is 8.18. The van der Waals surface area contributed by atoms with Crippen molar-refractivity contribution >= 4 is 0 Å². The Morgan fingerprint density at radius 1 is 1.15 bits per heavy atom. The predicted octanol–water partition coefficient (Wildman–Crippen LogP) is 2.75. The second-order valence-corrected chi connectivity index (χ2v) is 8.05. The molecule has 1 N–H and O–H groups in total. The molecule has 1 spiro atoms. The molecule has 1 unspecified atom stereocenters. The van der Waals surface area contributed by atoms with E-state index in [2.05, 4.69) is 11.1 Å². The molecule has 1 aromatic heterocycles. The number of rotatable bonds is 2. The van der Waals surface area contributed by atoms with Crippen molar-refractivity contribution in [3.05, 3.63) is 56.2 Å². The minimum atomic E-state index is -0.311. The number of benzene rings is 1. The Hall–Kier alpha value is -2.14. The summed E-state index contributed by atoms with van der Waals surface area (Å²) in [5, 5.41) is 0. The number of fused-ring (bicyclic) bond motifs is 4. The van der Waals surface area contributed by atoms with Crippen LogP contribution in [-0.2, 0) is 23.1 Å². The van der Waals surface area contributed by atoms with Crippen LogP contribution in [0.3, 0.4) is 0 Å². The van der Waals surface area contributed by atoms with E-state index in [0.29, 0.717) is 6.54 Å². The molecule has 136 valence electrons. The number of aromatic nitrogens is 2. The molecule has 5 rings (SSSR count). The van der Waals surface area contributed by atoms with Crippen LogP contribution in [0.4, 0.5) is 0 Å². The van der Waals surface area contributed by atoms with Crippen molar-refractivity contribution in [3.63, 3.8) is 0 Å². The molecule has 1 aliphatic heterocycles. The van der Waals surface area contributed by atoms with Gasteiger partial charge in [-0.3, -0.25) is 9.36 Å². The smallest absolute Gasteiger partial charge is 0.328 e. The van der Waals surface area contributed by atoms with Crippen LogP contribution in [0, 0.1) is 0 Å². The van der Waals surface area contributed by atoms with Crippen LogP contribution in [-0.4, -0.2) is 22.3 Å². The van der Waals surface area contributed by atoms with E-state index in [1.807, 2.05) is 18.2 Å². The number of nitrogens with zero attached hydrogens (tertiary/aromatic N) is 1. The Morgan fingerprint density at radius 2 is 1.96 bits per heavy atom. The lowest BCUT2D eigenvalue weighted by Crippen LogP contribution is -2.46. The fourth-order valence-corrected chi connectivity index (χ4v) is 5.27. The first-order valence-corrected chi connectivity index (χ1v) is 9.75. The molecule has 1 aromatic carbocycles. The first-order valence-electron chi connectivity index (χ1n) is 9.75. The van der Waals surface area contributed by atoms with Crippen molar-refractivity contribution < 1.29 is 4.74 Å². The van der Waals surface area contributed by atoms with Gasteiger partial charge in [0.2, 0.25) is 0 Å². The highest BCUT2D eigenvalue weighted by Gasteiger charge is 2.44. The van der Waals surface area contributed by atoms with Crippen molar-refractivity contribution in [1.29, 1.82) is 0 Å². The molecule has 2 aromatic rings. The van der Waals surface area contributed by atoms with Crippen LogP contribution < -0.4 is 11.2 Å². The summed E-state index contributed by atoms with van der Waals surface area (Å²) in [5.41, 5.74) is 3.32. The Bertz CT molecular complexity index is 960. The molecule has 0 bridgehead atoms. The number of H-pyrrole nitrogens is 1. The summed E-state index contributed by atoms with van der Waals surface area (Å²) < 4.78 is 7.06. The van der Waals surface area contributed by atoms with E-state index in [-0.39, 0.29) is 22.8 Å². The van der Waals surface area contributed by atoms with Crippen LogP contribution in [0.25, 0.3) is 11.3 Å². The third-order valence-electron chi connectivity index (χ3n) is 6.50. The van der Waals surface area contributed by atoms with E-state index < -0.39 is 0 Å². The van der Waals surface area contributed by atoms with E-state index >= 15 is 0 Å². The van der Waals surface area contributed by atoms with Gasteiger partial charge in [0, 0.05) is 23.1 Å². The molecule has 0 radical (unpaired) electrons. The first-order chi connectivity index (χ1) is 12.7. The van der Waals surface area contributed by atoms with Crippen LogP contribution in [0.1, 0.15) is 49.7 Å². The van der Waals surface area contributed by atoms with Crippen molar-refractivity contribution in [1.82, 2.24) is 9.55 Å². The highest BCUT2D eigenvalue weighted by molar-refractivity contribution is 5.71. The molecule has 1 saturated carbocycles. The third kappa shape index (κ3) is 2.33. The van der Waals surface area contributed by atoms with Gasteiger partial charge in [-0.25, -0.2) is 4.79 Å². The van der Waals surface area contributed by atoms with Gasteiger partial charge in [-0.1, -0.05) is 37.1 Å². The monoisotopic (exact) mass is 352 g/mol. The highest BCUT2D eigenvalue weighted by atomic mass is 16.5. The molecule has 2 aliphatic carbocycles. The molecule has 5 heteroatoms. The standard InChI is InChI=1S/C21H24N2O3/c24-19-17-18(22-20(25)23(19)13-15-7-5-11-26-15)16-8-2-1-6-14(16)12-21(17)9-3-4-10-21/h1-2,6,8,15H,3-5,7,9-13H2,(H,22,25). The maximum atomic E-state index is 13.5. The molecule has 5 nitrogen and oxygen atoms in total. The van der Waals surface area contributed by atoms with Gasteiger partial charge in [0.05, 0.1) is 18.3 Å². The van der Waals surface area contributed by atoms with Gasteiger partial charge >= 0.3 is 5.69 Å².